The summed E-state index contributed by atoms with van der Waals surface area (Å²) >= 11 is 0. The molecule has 0 aromatic carbocycles. The van der Waals surface area contributed by atoms with Crippen molar-refractivity contribution in [1.29, 1.82) is 0 Å². The summed E-state index contributed by atoms with van der Waals surface area (Å²) in [6.07, 6.45) is 6.67. The van der Waals surface area contributed by atoms with E-state index in [1.165, 1.54) is 6.42 Å². The summed E-state index contributed by atoms with van der Waals surface area (Å²) in [5.41, 5.74) is 7.06. The van der Waals surface area contributed by atoms with Gasteiger partial charge in [-0.2, -0.15) is 0 Å². The van der Waals surface area contributed by atoms with Crippen molar-refractivity contribution in [2.24, 2.45) is 11.3 Å². The predicted molar refractivity (Wildman–Crippen MR) is 67.8 cm³/mol. The van der Waals surface area contributed by atoms with Crippen molar-refractivity contribution < 1.29 is 0 Å². The molecular formula is C12H17N5. The van der Waals surface area contributed by atoms with Crippen LogP contribution in [0.4, 0.5) is 11.6 Å². The molecule has 3 N–H and O–H groups in total. The summed E-state index contributed by atoms with van der Waals surface area (Å²) in [6, 6.07) is 0. The average molecular weight is 231 g/mol. The fraction of sp³-hybridized carbons (Fsp3) is 0.500. The number of hydrogen-bond acceptors (Lipinski definition) is 4. The van der Waals surface area contributed by atoms with E-state index in [1.807, 2.05) is 10.6 Å². The van der Waals surface area contributed by atoms with Crippen molar-refractivity contribution in [3.8, 4) is 0 Å². The SMILES string of the molecule is CC1(C)CC1CNc1nc(N)cn2ccnc12. The van der Waals surface area contributed by atoms with E-state index < -0.39 is 0 Å². The van der Waals surface area contributed by atoms with E-state index in [4.69, 9.17) is 5.73 Å². The highest BCUT2D eigenvalue weighted by Gasteiger charge is 2.45. The van der Waals surface area contributed by atoms with Gasteiger partial charge in [-0.1, -0.05) is 13.8 Å². The molecule has 0 radical (unpaired) electrons. The van der Waals surface area contributed by atoms with E-state index >= 15 is 0 Å². The highest BCUT2D eigenvalue weighted by molar-refractivity contribution is 5.64. The van der Waals surface area contributed by atoms with Gasteiger partial charge in [0, 0.05) is 18.9 Å². The number of hydrogen-bond donors (Lipinski definition) is 2. The van der Waals surface area contributed by atoms with Gasteiger partial charge in [0.1, 0.15) is 5.82 Å². The minimum Gasteiger partial charge on any atom is -0.382 e. The lowest BCUT2D eigenvalue weighted by Crippen LogP contribution is -2.10. The van der Waals surface area contributed by atoms with E-state index in [1.54, 1.807) is 12.4 Å². The molecule has 1 saturated carbocycles. The van der Waals surface area contributed by atoms with Crippen LogP contribution < -0.4 is 11.1 Å². The Labute approximate surface area is 100 Å². The molecule has 90 valence electrons. The first-order chi connectivity index (χ1) is 8.06. The lowest BCUT2D eigenvalue weighted by Gasteiger charge is -2.08. The number of rotatable bonds is 3. The lowest BCUT2D eigenvalue weighted by atomic mass is 10.1. The molecular weight excluding hydrogens is 214 g/mol. The van der Waals surface area contributed by atoms with Crippen LogP contribution in [0.25, 0.3) is 5.65 Å². The Kier molecular flexibility index (Phi) is 2.05. The molecule has 0 spiro atoms. The summed E-state index contributed by atoms with van der Waals surface area (Å²) in [5.74, 6) is 2.01. The van der Waals surface area contributed by atoms with E-state index in [-0.39, 0.29) is 0 Å². The average Bonchev–Trinajstić information content (AvgIpc) is 2.69. The topological polar surface area (TPSA) is 68.2 Å². The van der Waals surface area contributed by atoms with Gasteiger partial charge < -0.3 is 15.5 Å². The molecule has 2 aromatic rings. The largest absolute Gasteiger partial charge is 0.382 e. The molecule has 1 aliphatic rings. The summed E-state index contributed by atoms with van der Waals surface area (Å²) in [5, 5.41) is 3.36. The standard InChI is InChI=1S/C12H17N5/c1-12(2)5-8(12)6-15-10-11-14-3-4-17(11)7-9(13)16-10/h3-4,7-8H,5-6,13H2,1-2H3,(H,15,16). The van der Waals surface area contributed by atoms with Gasteiger partial charge in [-0.15, -0.1) is 0 Å². The van der Waals surface area contributed by atoms with Gasteiger partial charge in [-0.25, -0.2) is 9.97 Å². The van der Waals surface area contributed by atoms with Gasteiger partial charge in [0.25, 0.3) is 0 Å². The van der Waals surface area contributed by atoms with Gasteiger partial charge >= 0.3 is 0 Å². The van der Waals surface area contributed by atoms with Crippen molar-refractivity contribution >= 4 is 17.3 Å². The summed E-state index contributed by atoms with van der Waals surface area (Å²) in [4.78, 5) is 8.58. The first-order valence-corrected chi connectivity index (χ1v) is 5.89. The molecule has 2 aromatic heterocycles. The molecule has 1 fully saturated rings. The van der Waals surface area contributed by atoms with Crippen molar-refractivity contribution in [1.82, 2.24) is 14.4 Å². The molecule has 17 heavy (non-hydrogen) atoms. The van der Waals surface area contributed by atoms with Crippen LogP contribution in [-0.4, -0.2) is 20.9 Å². The van der Waals surface area contributed by atoms with Crippen LogP contribution in [0, 0.1) is 11.3 Å². The number of nitrogen functional groups attached to an aromatic ring is 1. The molecule has 5 heteroatoms. The molecule has 0 bridgehead atoms. The second-order valence-corrected chi connectivity index (χ2v) is 5.44. The molecule has 2 heterocycles. The number of nitrogens with zero attached hydrogens (tertiary/aromatic N) is 3. The Morgan fingerprint density at radius 2 is 2.35 bits per heavy atom. The number of nitrogens with one attached hydrogen (secondary N) is 1. The molecule has 0 aliphatic heterocycles. The zero-order chi connectivity index (χ0) is 12.0. The van der Waals surface area contributed by atoms with Crippen molar-refractivity contribution in [2.45, 2.75) is 20.3 Å². The molecule has 5 nitrogen and oxygen atoms in total. The van der Waals surface area contributed by atoms with Gasteiger partial charge in [0.2, 0.25) is 0 Å². The first kappa shape index (κ1) is 10.4. The van der Waals surface area contributed by atoms with E-state index in [0.29, 0.717) is 11.2 Å². The smallest absolute Gasteiger partial charge is 0.180 e. The normalized spacial score (nSPS) is 21.6. The third-order valence-electron chi connectivity index (χ3n) is 3.63. The van der Waals surface area contributed by atoms with Crippen LogP contribution in [-0.2, 0) is 0 Å². The zero-order valence-electron chi connectivity index (χ0n) is 10.1. The van der Waals surface area contributed by atoms with Gasteiger partial charge in [-0.05, 0) is 17.8 Å². The maximum absolute atomic E-state index is 5.76. The van der Waals surface area contributed by atoms with Gasteiger partial charge in [-0.3, -0.25) is 0 Å². The van der Waals surface area contributed by atoms with Crippen LogP contribution in [0.3, 0.4) is 0 Å². The maximum atomic E-state index is 5.76. The maximum Gasteiger partial charge on any atom is 0.180 e. The minimum absolute atomic E-state index is 0.471. The predicted octanol–water partition coefficient (Wildman–Crippen LogP) is 1.77. The fourth-order valence-electron chi connectivity index (χ4n) is 2.21. The summed E-state index contributed by atoms with van der Waals surface area (Å²) in [6.45, 7) is 5.51. The number of imidazole rings is 1. The molecule has 1 atom stereocenters. The fourth-order valence-corrected chi connectivity index (χ4v) is 2.21. The van der Waals surface area contributed by atoms with E-state index in [9.17, 15) is 0 Å². The number of anilines is 2. The van der Waals surface area contributed by atoms with Gasteiger partial charge in [0.05, 0.1) is 6.20 Å². The molecule has 1 unspecified atom stereocenters. The monoisotopic (exact) mass is 231 g/mol. The van der Waals surface area contributed by atoms with Crippen LogP contribution in [0.2, 0.25) is 0 Å². The van der Waals surface area contributed by atoms with Crippen molar-refractivity contribution in [3.05, 3.63) is 18.6 Å². The van der Waals surface area contributed by atoms with Crippen LogP contribution in [0.5, 0.6) is 0 Å². The number of fused-ring (bicyclic) bond motifs is 1. The van der Waals surface area contributed by atoms with E-state index in [0.717, 1.165) is 23.9 Å². The zero-order valence-corrected chi connectivity index (χ0v) is 10.1. The Morgan fingerprint density at radius 1 is 1.59 bits per heavy atom. The minimum atomic E-state index is 0.471. The summed E-state index contributed by atoms with van der Waals surface area (Å²) in [7, 11) is 0. The number of aromatic nitrogens is 3. The highest BCUT2D eigenvalue weighted by atomic mass is 15.1. The molecule has 3 rings (SSSR count). The third-order valence-corrected chi connectivity index (χ3v) is 3.63. The second-order valence-electron chi connectivity index (χ2n) is 5.44. The molecule has 1 aliphatic carbocycles. The number of nitrogens with two attached hydrogens (primary N) is 1. The van der Waals surface area contributed by atoms with Crippen LogP contribution >= 0.6 is 0 Å². The summed E-state index contributed by atoms with van der Waals surface area (Å²) < 4.78 is 1.89. The Hall–Kier alpha value is -1.78. The lowest BCUT2D eigenvalue weighted by molar-refractivity contribution is 0.573. The second kappa shape index (κ2) is 3.35. The molecule has 0 saturated heterocycles. The first-order valence-electron chi connectivity index (χ1n) is 5.89. The highest BCUT2D eigenvalue weighted by Crippen LogP contribution is 2.51. The van der Waals surface area contributed by atoms with Crippen LogP contribution in [0.15, 0.2) is 18.6 Å². The Bertz CT molecular complexity index is 557. The van der Waals surface area contributed by atoms with Crippen molar-refractivity contribution in [3.63, 3.8) is 0 Å². The van der Waals surface area contributed by atoms with Crippen LogP contribution in [0.1, 0.15) is 20.3 Å². The Balaban J connectivity index is 1.82. The van der Waals surface area contributed by atoms with E-state index in [2.05, 4.69) is 29.1 Å². The quantitative estimate of drug-likeness (QED) is 0.844. The van der Waals surface area contributed by atoms with Gasteiger partial charge in [0.15, 0.2) is 11.5 Å². The molecule has 0 amide bonds. The Morgan fingerprint density at radius 3 is 3.06 bits per heavy atom. The third kappa shape index (κ3) is 1.81. The van der Waals surface area contributed by atoms with Crippen molar-refractivity contribution in [2.75, 3.05) is 17.6 Å².